The zero-order valence-corrected chi connectivity index (χ0v) is 14.0. The first-order chi connectivity index (χ1) is 11.3. The Labute approximate surface area is 140 Å². The summed E-state index contributed by atoms with van der Waals surface area (Å²) in [7, 11) is 0. The topological polar surface area (TPSA) is 63.2 Å². The van der Waals surface area contributed by atoms with E-state index in [0.29, 0.717) is 18.2 Å². The normalized spacial score (nSPS) is 14.3. The van der Waals surface area contributed by atoms with E-state index in [2.05, 4.69) is 22.5 Å². The Morgan fingerprint density at radius 2 is 2.17 bits per heavy atom. The van der Waals surface area contributed by atoms with Crippen molar-refractivity contribution in [3.05, 3.63) is 35.3 Å². The summed E-state index contributed by atoms with van der Waals surface area (Å²) in [5.74, 6) is 1.31. The lowest BCUT2D eigenvalue weighted by molar-refractivity contribution is 0.0938. The minimum absolute atomic E-state index is 0.0951. The molecule has 1 aromatic carbocycles. The lowest BCUT2D eigenvalue weighted by Crippen LogP contribution is -2.48. The molecule has 2 aromatic rings. The first kappa shape index (κ1) is 16.0. The van der Waals surface area contributed by atoms with Gasteiger partial charge < -0.3 is 15.4 Å². The van der Waals surface area contributed by atoms with E-state index < -0.39 is 0 Å². The maximum absolute atomic E-state index is 12.1. The third kappa shape index (κ3) is 4.09. The van der Waals surface area contributed by atoms with Gasteiger partial charge in [0.2, 0.25) is 0 Å². The van der Waals surface area contributed by atoms with Crippen LogP contribution in [0, 0.1) is 5.92 Å². The van der Waals surface area contributed by atoms with Crippen LogP contribution in [0.15, 0.2) is 29.6 Å². The van der Waals surface area contributed by atoms with Gasteiger partial charge in [-0.2, -0.15) is 0 Å². The summed E-state index contributed by atoms with van der Waals surface area (Å²) >= 11 is 1.48. The summed E-state index contributed by atoms with van der Waals surface area (Å²) in [6, 6.07) is 7.84. The first-order valence-corrected chi connectivity index (χ1v) is 8.82. The number of nitrogens with zero attached hydrogens (tertiary/aromatic N) is 1. The molecule has 0 bridgehead atoms. The number of carbonyl (C=O) groups excluding carboxylic acids is 1. The van der Waals surface area contributed by atoms with Gasteiger partial charge >= 0.3 is 0 Å². The molecule has 5 nitrogen and oxygen atoms in total. The Hall–Kier alpha value is -1.92. The van der Waals surface area contributed by atoms with Gasteiger partial charge in [-0.25, -0.2) is 4.98 Å². The number of hydrogen-bond acceptors (Lipinski definition) is 5. The summed E-state index contributed by atoms with van der Waals surface area (Å²) in [5.41, 5.74) is 1.49. The Balaban J connectivity index is 1.60. The first-order valence-electron chi connectivity index (χ1n) is 7.94. The molecular formula is C17H21N3O2S. The van der Waals surface area contributed by atoms with Gasteiger partial charge in [-0.05, 0) is 30.7 Å². The SMILES string of the molecule is CCCOc1ccc(-c2nc(C(=O)NCC3CNC3)cs2)cc1. The fourth-order valence-electron chi connectivity index (χ4n) is 2.24. The van der Waals surface area contributed by atoms with E-state index >= 15 is 0 Å². The number of rotatable bonds is 7. The Kier molecular flexibility index (Phi) is 5.25. The van der Waals surface area contributed by atoms with E-state index in [1.165, 1.54) is 11.3 Å². The average molecular weight is 331 g/mol. The third-order valence-corrected chi connectivity index (χ3v) is 4.62. The van der Waals surface area contributed by atoms with Crippen molar-refractivity contribution in [1.29, 1.82) is 0 Å². The molecule has 1 aliphatic heterocycles. The Bertz CT molecular complexity index is 650. The number of hydrogen-bond donors (Lipinski definition) is 2. The molecule has 0 aliphatic carbocycles. The molecule has 1 fully saturated rings. The van der Waals surface area contributed by atoms with Gasteiger partial charge in [-0.1, -0.05) is 6.92 Å². The molecule has 0 atom stereocenters. The second-order valence-electron chi connectivity index (χ2n) is 5.65. The van der Waals surface area contributed by atoms with Gasteiger partial charge in [-0.3, -0.25) is 4.79 Å². The fraction of sp³-hybridized carbons (Fsp3) is 0.412. The molecule has 23 heavy (non-hydrogen) atoms. The van der Waals surface area contributed by atoms with Crippen LogP contribution < -0.4 is 15.4 Å². The van der Waals surface area contributed by atoms with Gasteiger partial charge in [-0.15, -0.1) is 11.3 Å². The molecule has 1 amide bonds. The molecule has 1 saturated heterocycles. The van der Waals surface area contributed by atoms with Crippen LogP contribution in [-0.4, -0.2) is 37.1 Å². The van der Waals surface area contributed by atoms with Crippen molar-refractivity contribution in [1.82, 2.24) is 15.6 Å². The number of aromatic nitrogens is 1. The average Bonchev–Trinajstić information content (AvgIpc) is 3.02. The van der Waals surface area contributed by atoms with Crippen molar-refractivity contribution in [3.8, 4) is 16.3 Å². The van der Waals surface area contributed by atoms with Gasteiger partial charge in [0.05, 0.1) is 6.61 Å². The summed E-state index contributed by atoms with van der Waals surface area (Å²) < 4.78 is 5.57. The van der Waals surface area contributed by atoms with Gasteiger partial charge in [0.15, 0.2) is 0 Å². The van der Waals surface area contributed by atoms with E-state index in [4.69, 9.17) is 4.74 Å². The molecule has 1 aliphatic rings. The van der Waals surface area contributed by atoms with Crippen LogP contribution in [0.2, 0.25) is 0 Å². The van der Waals surface area contributed by atoms with Gasteiger partial charge in [0.1, 0.15) is 16.5 Å². The zero-order chi connectivity index (χ0) is 16.1. The molecule has 0 unspecified atom stereocenters. The zero-order valence-electron chi connectivity index (χ0n) is 13.2. The summed E-state index contributed by atoms with van der Waals surface area (Å²) in [6.45, 7) is 5.47. The lowest BCUT2D eigenvalue weighted by Gasteiger charge is -2.26. The highest BCUT2D eigenvalue weighted by Gasteiger charge is 2.18. The van der Waals surface area contributed by atoms with E-state index in [0.717, 1.165) is 42.4 Å². The van der Waals surface area contributed by atoms with Crippen LogP contribution in [-0.2, 0) is 0 Å². The second kappa shape index (κ2) is 7.57. The molecule has 1 aromatic heterocycles. The number of nitrogens with one attached hydrogen (secondary N) is 2. The lowest BCUT2D eigenvalue weighted by atomic mass is 10.0. The molecule has 0 saturated carbocycles. The van der Waals surface area contributed by atoms with Gasteiger partial charge in [0.25, 0.3) is 5.91 Å². The fourth-order valence-corrected chi connectivity index (χ4v) is 3.05. The Morgan fingerprint density at radius 1 is 1.39 bits per heavy atom. The molecule has 3 rings (SSSR count). The number of benzene rings is 1. The molecule has 6 heteroatoms. The van der Waals surface area contributed by atoms with Crippen molar-refractivity contribution in [2.45, 2.75) is 13.3 Å². The highest BCUT2D eigenvalue weighted by Crippen LogP contribution is 2.25. The van der Waals surface area contributed by atoms with Crippen molar-refractivity contribution < 1.29 is 9.53 Å². The van der Waals surface area contributed by atoms with Crippen molar-refractivity contribution in [2.75, 3.05) is 26.2 Å². The van der Waals surface area contributed by atoms with Crippen LogP contribution in [0.3, 0.4) is 0 Å². The number of thiazole rings is 1. The Morgan fingerprint density at radius 3 is 2.83 bits per heavy atom. The van der Waals surface area contributed by atoms with Crippen LogP contribution in [0.5, 0.6) is 5.75 Å². The van der Waals surface area contributed by atoms with E-state index in [1.54, 1.807) is 0 Å². The summed E-state index contributed by atoms with van der Waals surface area (Å²) in [4.78, 5) is 16.5. The number of amides is 1. The minimum Gasteiger partial charge on any atom is -0.494 e. The van der Waals surface area contributed by atoms with Crippen LogP contribution in [0.1, 0.15) is 23.8 Å². The largest absolute Gasteiger partial charge is 0.494 e. The third-order valence-electron chi connectivity index (χ3n) is 3.73. The number of carbonyl (C=O) groups is 1. The van der Waals surface area contributed by atoms with E-state index in [9.17, 15) is 4.79 Å². The summed E-state index contributed by atoms with van der Waals surface area (Å²) in [5, 5.41) is 8.80. The van der Waals surface area contributed by atoms with Crippen LogP contribution in [0.25, 0.3) is 10.6 Å². The molecule has 0 spiro atoms. The standard InChI is InChI=1S/C17H21N3O2S/c1-2-7-22-14-5-3-13(4-6-14)17-20-15(11-23-17)16(21)19-10-12-8-18-9-12/h3-6,11-12,18H,2,7-10H2,1H3,(H,19,21). The predicted octanol–water partition coefficient (Wildman–Crippen LogP) is 2.55. The smallest absolute Gasteiger partial charge is 0.270 e. The quantitative estimate of drug-likeness (QED) is 0.818. The second-order valence-corrected chi connectivity index (χ2v) is 6.50. The maximum atomic E-state index is 12.1. The van der Waals surface area contributed by atoms with Crippen molar-refractivity contribution >= 4 is 17.2 Å². The van der Waals surface area contributed by atoms with E-state index in [-0.39, 0.29) is 5.91 Å². The van der Waals surface area contributed by atoms with Gasteiger partial charge in [0, 0.05) is 36.5 Å². The highest BCUT2D eigenvalue weighted by molar-refractivity contribution is 7.13. The molecular weight excluding hydrogens is 310 g/mol. The monoisotopic (exact) mass is 331 g/mol. The van der Waals surface area contributed by atoms with Crippen LogP contribution >= 0.6 is 11.3 Å². The molecule has 2 heterocycles. The summed E-state index contributed by atoms with van der Waals surface area (Å²) in [6.07, 6.45) is 0.990. The maximum Gasteiger partial charge on any atom is 0.270 e. The van der Waals surface area contributed by atoms with Crippen molar-refractivity contribution in [3.63, 3.8) is 0 Å². The highest BCUT2D eigenvalue weighted by atomic mass is 32.1. The molecule has 0 radical (unpaired) electrons. The van der Waals surface area contributed by atoms with E-state index in [1.807, 2.05) is 29.6 Å². The molecule has 2 N–H and O–H groups in total. The number of ether oxygens (including phenoxy) is 1. The minimum atomic E-state index is -0.0951. The molecule has 122 valence electrons. The van der Waals surface area contributed by atoms with Crippen LogP contribution in [0.4, 0.5) is 0 Å². The predicted molar refractivity (Wildman–Crippen MR) is 92.0 cm³/mol. The van der Waals surface area contributed by atoms with Crippen molar-refractivity contribution in [2.24, 2.45) is 5.92 Å².